The fourth-order valence-corrected chi connectivity index (χ4v) is 5.43. The standard InChI is InChI=1S/C25H38N6O3/c1-4-27-16-20(23-21(17-27)25(34)31(26-23)19-10-8-7-9-11-19)24(33)30-14-12-28(13-15-30)18-22(32)29(5-2)6-3/h7-11,20-21,23,26H,4-6,12-18H2,1-3H3. The quantitative estimate of drug-likeness (QED) is 0.625. The number of hydrogen-bond acceptors (Lipinski definition) is 6. The van der Waals surface area contributed by atoms with Crippen LogP contribution in [0.2, 0.25) is 0 Å². The highest BCUT2D eigenvalue weighted by molar-refractivity contribution is 5.98. The highest BCUT2D eigenvalue weighted by Gasteiger charge is 2.51. The maximum Gasteiger partial charge on any atom is 0.247 e. The molecule has 9 nitrogen and oxygen atoms in total. The first-order valence-corrected chi connectivity index (χ1v) is 12.6. The Morgan fingerprint density at radius 2 is 1.65 bits per heavy atom. The molecule has 3 unspecified atom stereocenters. The Morgan fingerprint density at radius 3 is 2.26 bits per heavy atom. The highest BCUT2D eigenvalue weighted by Crippen LogP contribution is 2.32. The fraction of sp³-hybridized carbons (Fsp3) is 0.640. The van der Waals surface area contributed by atoms with Crippen molar-refractivity contribution in [2.24, 2.45) is 11.8 Å². The van der Waals surface area contributed by atoms with Gasteiger partial charge >= 0.3 is 0 Å². The molecule has 3 saturated heterocycles. The van der Waals surface area contributed by atoms with E-state index in [1.54, 1.807) is 5.01 Å². The summed E-state index contributed by atoms with van der Waals surface area (Å²) in [4.78, 5) is 47.5. The maximum absolute atomic E-state index is 13.7. The Balaban J connectivity index is 1.41. The molecule has 1 aromatic carbocycles. The number of carbonyl (C=O) groups is 3. The van der Waals surface area contributed by atoms with Crippen molar-refractivity contribution in [1.82, 2.24) is 25.0 Å². The molecule has 1 N–H and O–H groups in total. The van der Waals surface area contributed by atoms with Gasteiger partial charge in [-0.05, 0) is 32.5 Å². The monoisotopic (exact) mass is 470 g/mol. The number of anilines is 1. The van der Waals surface area contributed by atoms with Crippen LogP contribution in [0.25, 0.3) is 0 Å². The van der Waals surface area contributed by atoms with E-state index >= 15 is 0 Å². The summed E-state index contributed by atoms with van der Waals surface area (Å²) in [5.74, 6) is -0.228. The van der Waals surface area contributed by atoms with E-state index in [0.717, 1.165) is 25.3 Å². The fourth-order valence-electron chi connectivity index (χ4n) is 5.43. The SMILES string of the molecule is CCN1CC(C(=O)N2CCN(CC(=O)N(CC)CC)CC2)C2NN(c3ccccc3)C(=O)C2C1. The first-order chi connectivity index (χ1) is 16.5. The average molecular weight is 471 g/mol. The second-order valence-corrected chi connectivity index (χ2v) is 9.40. The Bertz CT molecular complexity index is 869. The van der Waals surface area contributed by atoms with Crippen molar-refractivity contribution in [3.05, 3.63) is 30.3 Å². The Hall–Kier alpha value is -2.49. The largest absolute Gasteiger partial charge is 0.342 e. The van der Waals surface area contributed by atoms with Crippen molar-refractivity contribution in [3.63, 3.8) is 0 Å². The molecule has 3 aliphatic rings. The number of fused-ring (bicyclic) bond motifs is 1. The van der Waals surface area contributed by atoms with Gasteiger partial charge in [0.15, 0.2) is 0 Å². The lowest BCUT2D eigenvalue weighted by molar-refractivity contribution is -0.141. The normalized spacial score (nSPS) is 26.0. The molecule has 3 heterocycles. The molecule has 3 amide bonds. The predicted molar refractivity (Wildman–Crippen MR) is 131 cm³/mol. The topological polar surface area (TPSA) is 79.4 Å². The van der Waals surface area contributed by atoms with Crippen LogP contribution in [-0.2, 0) is 14.4 Å². The lowest BCUT2D eigenvalue weighted by atomic mass is 9.83. The third-order valence-electron chi connectivity index (χ3n) is 7.53. The first-order valence-electron chi connectivity index (χ1n) is 12.6. The van der Waals surface area contributed by atoms with Crippen LogP contribution in [-0.4, -0.2) is 109 Å². The highest BCUT2D eigenvalue weighted by atomic mass is 16.2. The van der Waals surface area contributed by atoms with Gasteiger partial charge in [-0.3, -0.25) is 19.3 Å². The minimum Gasteiger partial charge on any atom is -0.342 e. The van der Waals surface area contributed by atoms with Gasteiger partial charge in [0.05, 0.1) is 30.1 Å². The second-order valence-electron chi connectivity index (χ2n) is 9.40. The van der Waals surface area contributed by atoms with Gasteiger partial charge in [0.25, 0.3) is 0 Å². The van der Waals surface area contributed by atoms with Crippen molar-refractivity contribution < 1.29 is 14.4 Å². The second kappa shape index (κ2) is 10.8. The lowest BCUT2D eigenvalue weighted by Gasteiger charge is -2.42. The molecular weight excluding hydrogens is 432 g/mol. The van der Waals surface area contributed by atoms with Crippen molar-refractivity contribution in [2.75, 3.05) is 70.5 Å². The Labute approximate surface area is 202 Å². The van der Waals surface area contributed by atoms with Gasteiger partial charge in [0, 0.05) is 52.4 Å². The van der Waals surface area contributed by atoms with Gasteiger partial charge < -0.3 is 14.7 Å². The Morgan fingerprint density at radius 1 is 0.971 bits per heavy atom. The minimum atomic E-state index is -0.278. The molecule has 0 aromatic heterocycles. The van der Waals surface area contributed by atoms with E-state index < -0.39 is 0 Å². The summed E-state index contributed by atoms with van der Waals surface area (Å²) in [7, 11) is 0. The summed E-state index contributed by atoms with van der Waals surface area (Å²) >= 11 is 0. The van der Waals surface area contributed by atoms with Crippen LogP contribution >= 0.6 is 0 Å². The van der Waals surface area contributed by atoms with Gasteiger partial charge in [0.1, 0.15) is 0 Å². The molecule has 3 fully saturated rings. The number of nitrogens with zero attached hydrogens (tertiary/aromatic N) is 5. The van der Waals surface area contributed by atoms with E-state index in [0.29, 0.717) is 45.8 Å². The van der Waals surface area contributed by atoms with Crippen LogP contribution in [0.15, 0.2) is 30.3 Å². The van der Waals surface area contributed by atoms with E-state index in [1.807, 2.05) is 54.0 Å². The van der Waals surface area contributed by atoms with Crippen LogP contribution in [0.3, 0.4) is 0 Å². The van der Waals surface area contributed by atoms with E-state index in [-0.39, 0.29) is 35.6 Å². The molecule has 0 radical (unpaired) electrons. The van der Waals surface area contributed by atoms with Gasteiger partial charge in [-0.15, -0.1) is 0 Å². The summed E-state index contributed by atoms with van der Waals surface area (Å²) in [6.45, 7) is 12.7. The zero-order valence-corrected chi connectivity index (χ0v) is 20.7. The molecule has 0 saturated carbocycles. The van der Waals surface area contributed by atoms with E-state index in [1.165, 1.54) is 0 Å². The van der Waals surface area contributed by atoms with Crippen LogP contribution < -0.4 is 10.4 Å². The number of nitrogens with one attached hydrogen (secondary N) is 1. The van der Waals surface area contributed by atoms with Gasteiger partial charge in [0.2, 0.25) is 17.7 Å². The smallest absolute Gasteiger partial charge is 0.247 e. The summed E-state index contributed by atoms with van der Waals surface area (Å²) in [5.41, 5.74) is 4.19. The number of para-hydroxylation sites is 1. The predicted octanol–water partition coefficient (Wildman–Crippen LogP) is 0.487. The van der Waals surface area contributed by atoms with Crippen LogP contribution in [0.1, 0.15) is 20.8 Å². The number of hydrazine groups is 1. The number of piperazine rings is 1. The number of likely N-dealkylation sites (tertiary alicyclic amines) is 1. The average Bonchev–Trinajstić information content (AvgIpc) is 3.21. The molecule has 1 aromatic rings. The molecule has 0 aliphatic carbocycles. The van der Waals surface area contributed by atoms with Crippen molar-refractivity contribution in [1.29, 1.82) is 0 Å². The lowest BCUT2D eigenvalue weighted by Crippen LogP contribution is -2.60. The minimum absolute atomic E-state index is 0.0342. The maximum atomic E-state index is 13.7. The number of hydrogen-bond donors (Lipinski definition) is 1. The van der Waals surface area contributed by atoms with Crippen LogP contribution in [0.5, 0.6) is 0 Å². The van der Waals surface area contributed by atoms with E-state index in [4.69, 9.17) is 0 Å². The number of piperidine rings is 1. The molecule has 186 valence electrons. The third kappa shape index (κ3) is 4.96. The van der Waals surface area contributed by atoms with E-state index in [2.05, 4.69) is 22.1 Å². The summed E-state index contributed by atoms with van der Waals surface area (Å²) < 4.78 is 0. The summed E-state index contributed by atoms with van der Waals surface area (Å²) in [6, 6.07) is 9.38. The first kappa shape index (κ1) is 24.6. The number of carbonyl (C=O) groups excluding carboxylic acids is 3. The molecule has 0 bridgehead atoms. The molecule has 4 rings (SSSR count). The molecule has 9 heteroatoms. The van der Waals surface area contributed by atoms with Gasteiger partial charge in [-0.2, -0.15) is 0 Å². The number of likely N-dealkylation sites (N-methyl/N-ethyl adjacent to an activating group) is 1. The van der Waals surface area contributed by atoms with Crippen LogP contribution in [0.4, 0.5) is 5.69 Å². The van der Waals surface area contributed by atoms with Crippen molar-refractivity contribution >= 4 is 23.4 Å². The number of rotatable bonds is 7. The van der Waals surface area contributed by atoms with Crippen LogP contribution in [0, 0.1) is 11.8 Å². The van der Waals surface area contributed by atoms with E-state index in [9.17, 15) is 14.4 Å². The zero-order chi connectivity index (χ0) is 24.2. The summed E-state index contributed by atoms with van der Waals surface area (Å²) in [5, 5.41) is 1.63. The molecule has 3 atom stereocenters. The van der Waals surface area contributed by atoms with Crippen molar-refractivity contribution in [3.8, 4) is 0 Å². The number of benzene rings is 1. The molecule has 3 aliphatic heterocycles. The van der Waals surface area contributed by atoms with Gasteiger partial charge in [-0.25, -0.2) is 10.4 Å². The summed E-state index contributed by atoms with van der Waals surface area (Å²) in [6.07, 6.45) is 0. The molecule has 34 heavy (non-hydrogen) atoms. The molecule has 0 spiro atoms. The molecular formula is C25H38N6O3. The van der Waals surface area contributed by atoms with Crippen molar-refractivity contribution in [2.45, 2.75) is 26.8 Å². The van der Waals surface area contributed by atoms with Gasteiger partial charge in [-0.1, -0.05) is 25.1 Å². The Kier molecular flexibility index (Phi) is 7.85. The number of amides is 3. The zero-order valence-electron chi connectivity index (χ0n) is 20.7. The third-order valence-corrected chi connectivity index (χ3v) is 7.53.